The molecule has 2 rings (SSSR count). The van der Waals surface area contributed by atoms with E-state index in [0.29, 0.717) is 6.54 Å². The van der Waals surface area contributed by atoms with Crippen LogP contribution in [0.4, 0.5) is 0 Å². The first-order valence-corrected chi connectivity index (χ1v) is 11.3. The number of hydrogen-bond acceptors (Lipinski definition) is 4. The number of rotatable bonds is 12. The summed E-state index contributed by atoms with van der Waals surface area (Å²) in [6.07, 6.45) is 3.57. The van der Waals surface area contributed by atoms with Crippen LogP contribution in [0.3, 0.4) is 0 Å². The van der Waals surface area contributed by atoms with Crippen LogP contribution in [0.25, 0.3) is 0 Å². The van der Waals surface area contributed by atoms with Crippen molar-refractivity contribution >= 4 is 40.0 Å². The lowest BCUT2D eigenvalue weighted by Gasteiger charge is -2.11. The van der Waals surface area contributed by atoms with Gasteiger partial charge < -0.3 is 15.4 Å². The van der Waals surface area contributed by atoms with E-state index < -0.39 is 10.0 Å². The zero-order chi connectivity index (χ0) is 19.5. The topological polar surface area (TPSA) is 91.8 Å². The fourth-order valence-electron chi connectivity index (χ4n) is 2.54. The van der Waals surface area contributed by atoms with E-state index >= 15 is 0 Å². The molecule has 1 aromatic carbocycles. The van der Waals surface area contributed by atoms with Crippen molar-refractivity contribution in [1.82, 2.24) is 15.4 Å². The highest BCUT2D eigenvalue weighted by Gasteiger charge is 2.20. The highest BCUT2D eigenvalue weighted by molar-refractivity contribution is 14.0. The van der Waals surface area contributed by atoms with Crippen LogP contribution in [-0.4, -0.2) is 47.7 Å². The summed E-state index contributed by atoms with van der Waals surface area (Å²) in [4.78, 5) is 4.59. The number of benzene rings is 1. The summed E-state index contributed by atoms with van der Waals surface area (Å²) in [6.45, 7) is 5.76. The Morgan fingerprint density at radius 2 is 2.00 bits per heavy atom. The Morgan fingerprint density at radius 1 is 1.25 bits per heavy atom. The Hall–Kier alpha value is -0.910. The Morgan fingerprint density at radius 3 is 2.68 bits per heavy atom. The molecule has 3 N–H and O–H groups in total. The van der Waals surface area contributed by atoms with Gasteiger partial charge in [-0.3, -0.25) is 0 Å². The summed E-state index contributed by atoms with van der Waals surface area (Å²) in [5, 5.41) is 6.54. The lowest BCUT2D eigenvalue weighted by molar-refractivity contribution is 0.123. The monoisotopic (exact) mass is 524 g/mol. The van der Waals surface area contributed by atoms with Crippen LogP contribution in [0.2, 0.25) is 0 Å². The lowest BCUT2D eigenvalue weighted by Crippen LogP contribution is -2.38. The van der Waals surface area contributed by atoms with Gasteiger partial charge in [0.1, 0.15) is 0 Å². The molecule has 0 atom stereocenters. The minimum atomic E-state index is -3.27. The lowest BCUT2D eigenvalue weighted by atomic mass is 10.1. The molecule has 0 saturated heterocycles. The maximum absolute atomic E-state index is 11.7. The highest BCUT2D eigenvalue weighted by Crippen LogP contribution is 2.28. The van der Waals surface area contributed by atoms with E-state index in [0.717, 1.165) is 55.7 Å². The highest BCUT2D eigenvalue weighted by atomic mass is 127. The minimum Gasteiger partial charge on any atom is -0.381 e. The van der Waals surface area contributed by atoms with Gasteiger partial charge in [-0.05, 0) is 50.3 Å². The van der Waals surface area contributed by atoms with Gasteiger partial charge in [-0.15, -0.1) is 24.0 Å². The molecule has 0 radical (unpaired) electrons. The fourth-order valence-corrected chi connectivity index (χ4v) is 3.30. The first-order valence-electron chi connectivity index (χ1n) is 9.61. The number of guanidine groups is 1. The number of sulfonamides is 1. The van der Waals surface area contributed by atoms with Crippen LogP contribution >= 0.6 is 24.0 Å². The first kappa shape index (κ1) is 25.1. The standard InChI is InChI=1S/C19H32N4O3S.HI/c1-3-21-19(22-10-5-11-26-14-16-8-9-16)23-13-17-6-4-7-18(12-17)15-27(24,25)20-2;/h4,6-7,12,16,20H,3,5,8-11,13-15H2,1-2H3,(H2,21,22,23);1H. The summed E-state index contributed by atoms with van der Waals surface area (Å²) >= 11 is 0. The Kier molecular flexibility index (Phi) is 12.0. The quantitative estimate of drug-likeness (QED) is 0.169. The second-order valence-electron chi connectivity index (χ2n) is 6.78. The number of halogens is 1. The van der Waals surface area contributed by atoms with E-state index in [4.69, 9.17) is 4.74 Å². The molecule has 0 aromatic heterocycles. The predicted octanol–water partition coefficient (Wildman–Crippen LogP) is 2.23. The normalized spacial score (nSPS) is 14.4. The van der Waals surface area contributed by atoms with Gasteiger partial charge in [0.05, 0.1) is 12.3 Å². The minimum absolute atomic E-state index is 0. The van der Waals surface area contributed by atoms with Gasteiger partial charge in [-0.1, -0.05) is 24.3 Å². The first-order chi connectivity index (χ1) is 13.0. The molecule has 0 amide bonds. The number of nitrogens with one attached hydrogen (secondary N) is 3. The number of aliphatic imine (C=N–C) groups is 1. The predicted molar refractivity (Wildman–Crippen MR) is 125 cm³/mol. The van der Waals surface area contributed by atoms with Gasteiger partial charge in [-0.2, -0.15) is 0 Å². The summed E-state index contributed by atoms with van der Waals surface area (Å²) in [6, 6.07) is 7.51. The van der Waals surface area contributed by atoms with E-state index in [1.54, 1.807) is 0 Å². The van der Waals surface area contributed by atoms with Crippen LogP contribution < -0.4 is 15.4 Å². The van der Waals surface area contributed by atoms with Gasteiger partial charge in [-0.25, -0.2) is 18.1 Å². The van der Waals surface area contributed by atoms with E-state index in [9.17, 15) is 8.42 Å². The summed E-state index contributed by atoms with van der Waals surface area (Å²) in [5.74, 6) is 1.53. The molecule has 1 fully saturated rings. The van der Waals surface area contributed by atoms with Gasteiger partial charge in [0.25, 0.3) is 0 Å². The summed E-state index contributed by atoms with van der Waals surface area (Å²) in [7, 11) is -1.85. The van der Waals surface area contributed by atoms with Crippen molar-refractivity contribution in [3.8, 4) is 0 Å². The third kappa shape index (κ3) is 10.6. The smallest absolute Gasteiger partial charge is 0.215 e. The van der Waals surface area contributed by atoms with Crippen molar-refractivity contribution in [2.24, 2.45) is 10.9 Å². The third-order valence-corrected chi connectivity index (χ3v) is 5.57. The van der Waals surface area contributed by atoms with E-state index in [-0.39, 0.29) is 29.7 Å². The molecule has 0 bridgehead atoms. The van der Waals surface area contributed by atoms with Crippen LogP contribution in [0, 0.1) is 5.92 Å². The van der Waals surface area contributed by atoms with Crippen molar-refractivity contribution in [3.05, 3.63) is 35.4 Å². The second kappa shape index (κ2) is 13.3. The number of hydrogen-bond donors (Lipinski definition) is 3. The van der Waals surface area contributed by atoms with Crippen LogP contribution in [-0.2, 0) is 27.1 Å². The molecule has 7 nitrogen and oxygen atoms in total. The molecule has 9 heteroatoms. The molecule has 1 aliphatic rings. The van der Waals surface area contributed by atoms with Gasteiger partial charge in [0, 0.05) is 26.3 Å². The molecule has 0 heterocycles. The molecule has 1 aliphatic carbocycles. The fraction of sp³-hybridized carbons (Fsp3) is 0.632. The zero-order valence-corrected chi connectivity index (χ0v) is 19.9. The van der Waals surface area contributed by atoms with E-state index in [2.05, 4.69) is 20.3 Å². The molecule has 0 aliphatic heterocycles. The molecule has 28 heavy (non-hydrogen) atoms. The van der Waals surface area contributed by atoms with Gasteiger partial charge in [0.2, 0.25) is 10.0 Å². The average Bonchev–Trinajstić information content (AvgIpc) is 3.47. The van der Waals surface area contributed by atoms with Gasteiger partial charge >= 0.3 is 0 Å². The third-order valence-electron chi connectivity index (χ3n) is 4.23. The average molecular weight is 524 g/mol. The van der Waals surface area contributed by atoms with Crippen LogP contribution in [0.5, 0.6) is 0 Å². The van der Waals surface area contributed by atoms with Crippen molar-refractivity contribution < 1.29 is 13.2 Å². The summed E-state index contributed by atoms with van der Waals surface area (Å²) in [5.41, 5.74) is 1.73. The zero-order valence-electron chi connectivity index (χ0n) is 16.7. The molecular weight excluding hydrogens is 491 g/mol. The Bertz CT molecular complexity index is 709. The molecule has 0 spiro atoms. The van der Waals surface area contributed by atoms with Crippen LogP contribution in [0.15, 0.2) is 29.3 Å². The van der Waals surface area contributed by atoms with Crippen LogP contribution in [0.1, 0.15) is 37.3 Å². The molecular formula is C19H33IN4O3S. The van der Waals surface area contributed by atoms with E-state index in [1.807, 2.05) is 31.2 Å². The summed E-state index contributed by atoms with van der Waals surface area (Å²) < 4.78 is 31.4. The van der Waals surface area contributed by atoms with Gasteiger partial charge in [0.15, 0.2) is 5.96 Å². The number of ether oxygens (including phenoxy) is 1. The number of nitrogens with zero attached hydrogens (tertiary/aromatic N) is 1. The second-order valence-corrected chi connectivity index (χ2v) is 8.70. The van der Waals surface area contributed by atoms with Crippen molar-refractivity contribution in [3.63, 3.8) is 0 Å². The largest absolute Gasteiger partial charge is 0.381 e. The van der Waals surface area contributed by atoms with Crippen molar-refractivity contribution in [2.45, 2.75) is 38.5 Å². The van der Waals surface area contributed by atoms with Crippen molar-refractivity contribution in [1.29, 1.82) is 0 Å². The maximum Gasteiger partial charge on any atom is 0.215 e. The molecule has 0 unspecified atom stereocenters. The SMILES string of the molecule is CCNC(=NCc1cccc(CS(=O)(=O)NC)c1)NCCCOCC1CC1.I. The molecule has 1 saturated carbocycles. The van der Waals surface area contributed by atoms with Crippen molar-refractivity contribution in [2.75, 3.05) is 33.4 Å². The molecule has 1 aromatic rings. The Labute approximate surface area is 186 Å². The molecule has 160 valence electrons. The Balaban J connectivity index is 0.00000392. The maximum atomic E-state index is 11.7. The van der Waals surface area contributed by atoms with E-state index in [1.165, 1.54) is 19.9 Å².